The van der Waals surface area contributed by atoms with Gasteiger partial charge < -0.3 is 14.2 Å². The number of halogens is 2. The number of carbonyl (C=O) groups excluding carboxylic acids is 4. The van der Waals surface area contributed by atoms with E-state index in [0.717, 1.165) is 10.5 Å². The summed E-state index contributed by atoms with van der Waals surface area (Å²) >= 11 is 14.3. The Labute approximate surface area is 227 Å². The Morgan fingerprint density at radius 3 is 1.95 bits per heavy atom. The number of benzene rings is 2. The molecule has 4 amide bonds. The van der Waals surface area contributed by atoms with Crippen LogP contribution in [0.3, 0.4) is 0 Å². The van der Waals surface area contributed by atoms with Crippen LogP contribution in [0, 0.1) is 6.92 Å². The van der Waals surface area contributed by atoms with Crippen LogP contribution >= 0.6 is 35.0 Å². The molecule has 2 aromatic rings. The van der Waals surface area contributed by atoms with Gasteiger partial charge >= 0.3 is 12.2 Å². The standard InChI is InChI=1S/C23H24Cl2N4O7S/c1-5-34-22(32)26-20(30)18(21(31)27-23(33)35-6-2)29-28-13-10-15(24)19(16(25)11-13)36-14-7-8-17(37-4)12(3)9-14/h7-11,18H,5-6H2,1-4H3,(H,26,30,32)(H,27,31,33). The van der Waals surface area contributed by atoms with Gasteiger partial charge in [-0.3, -0.25) is 20.2 Å². The quantitative estimate of drug-likeness (QED) is 0.218. The fourth-order valence-corrected chi connectivity index (χ4v) is 3.89. The smallest absolute Gasteiger partial charge is 0.413 e. The van der Waals surface area contributed by atoms with Crippen LogP contribution in [0.4, 0.5) is 15.3 Å². The number of hydrogen-bond donors (Lipinski definition) is 2. The molecule has 14 heteroatoms. The Hall–Kier alpha value is -3.35. The summed E-state index contributed by atoms with van der Waals surface area (Å²) in [5.74, 6) is -1.70. The largest absolute Gasteiger partial charge is 0.454 e. The van der Waals surface area contributed by atoms with Gasteiger partial charge in [0.25, 0.3) is 11.8 Å². The minimum absolute atomic E-state index is 0.0208. The van der Waals surface area contributed by atoms with Crippen LogP contribution in [0.5, 0.6) is 11.5 Å². The van der Waals surface area contributed by atoms with E-state index in [1.54, 1.807) is 17.8 Å². The Morgan fingerprint density at radius 2 is 1.49 bits per heavy atom. The molecule has 0 aliphatic heterocycles. The first-order valence-corrected chi connectivity index (χ1v) is 12.7. The second-order valence-electron chi connectivity index (χ2n) is 7.01. The predicted octanol–water partition coefficient (Wildman–Crippen LogP) is 5.81. The summed E-state index contributed by atoms with van der Waals surface area (Å²) in [5, 5.41) is 11.3. The van der Waals surface area contributed by atoms with Crippen molar-refractivity contribution in [2.45, 2.75) is 31.7 Å². The average molecular weight is 571 g/mol. The zero-order chi connectivity index (χ0) is 27.5. The summed E-state index contributed by atoms with van der Waals surface area (Å²) in [5.41, 5.74) is 1.07. The number of carbonyl (C=O) groups is 4. The molecule has 0 radical (unpaired) electrons. The number of amides is 4. The summed E-state index contributed by atoms with van der Waals surface area (Å²) < 4.78 is 15.1. The molecule has 0 atom stereocenters. The lowest BCUT2D eigenvalue weighted by molar-refractivity contribution is -0.130. The van der Waals surface area contributed by atoms with Gasteiger partial charge in [-0.2, -0.15) is 10.2 Å². The van der Waals surface area contributed by atoms with Gasteiger partial charge in [-0.1, -0.05) is 23.2 Å². The number of aryl methyl sites for hydroxylation is 1. The number of alkyl carbamates (subject to hydrolysis) is 2. The molecule has 37 heavy (non-hydrogen) atoms. The van der Waals surface area contributed by atoms with Gasteiger partial charge in [0.05, 0.1) is 28.9 Å². The third-order valence-corrected chi connectivity index (χ3v) is 5.82. The van der Waals surface area contributed by atoms with E-state index in [0.29, 0.717) is 5.75 Å². The molecule has 0 heterocycles. The molecule has 0 fully saturated rings. The van der Waals surface area contributed by atoms with Gasteiger partial charge in [-0.05, 0) is 62.9 Å². The number of azo groups is 1. The Kier molecular flexibility index (Phi) is 11.6. The lowest BCUT2D eigenvalue weighted by atomic mass is 10.2. The van der Waals surface area contributed by atoms with E-state index in [9.17, 15) is 19.2 Å². The Balaban J connectivity index is 2.28. The monoisotopic (exact) mass is 570 g/mol. The van der Waals surface area contributed by atoms with E-state index in [-0.39, 0.29) is 34.7 Å². The number of imide groups is 2. The minimum Gasteiger partial charge on any atom is -0.454 e. The summed E-state index contributed by atoms with van der Waals surface area (Å²) in [6.07, 6.45) is -0.245. The highest BCUT2D eigenvalue weighted by atomic mass is 35.5. The molecular weight excluding hydrogens is 547 g/mol. The molecule has 0 aliphatic carbocycles. The van der Waals surface area contributed by atoms with Crippen molar-refractivity contribution in [2.24, 2.45) is 10.2 Å². The molecule has 0 aliphatic rings. The first-order chi connectivity index (χ1) is 17.6. The van der Waals surface area contributed by atoms with Gasteiger partial charge in [0, 0.05) is 4.90 Å². The van der Waals surface area contributed by atoms with Crippen LogP contribution in [0.2, 0.25) is 10.0 Å². The maximum absolute atomic E-state index is 12.4. The van der Waals surface area contributed by atoms with Crippen molar-refractivity contribution in [1.29, 1.82) is 0 Å². The highest BCUT2D eigenvalue weighted by molar-refractivity contribution is 7.98. The van der Waals surface area contributed by atoms with E-state index < -0.39 is 30.0 Å². The molecule has 2 rings (SSSR count). The number of ether oxygens (including phenoxy) is 3. The van der Waals surface area contributed by atoms with Crippen LogP contribution in [0.15, 0.2) is 45.5 Å². The second-order valence-corrected chi connectivity index (χ2v) is 8.67. The Morgan fingerprint density at radius 1 is 0.946 bits per heavy atom. The van der Waals surface area contributed by atoms with E-state index in [4.69, 9.17) is 27.9 Å². The number of thioether (sulfide) groups is 1. The maximum atomic E-state index is 12.4. The molecule has 2 N–H and O–H groups in total. The van der Waals surface area contributed by atoms with Gasteiger partial charge in [0.15, 0.2) is 5.75 Å². The molecule has 0 saturated heterocycles. The Bertz CT molecular complexity index is 1150. The maximum Gasteiger partial charge on any atom is 0.413 e. The SMILES string of the molecule is CCOC(=O)NC(=O)C(N=Nc1cc(Cl)c(Oc2ccc(SC)c(C)c2)c(Cl)c1)C(=O)NC(=O)OCC. The molecule has 198 valence electrons. The normalized spacial score (nSPS) is 10.8. The predicted molar refractivity (Wildman–Crippen MR) is 138 cm³/mol. The van der Waals surface area contributed by atoms with Gasteiger partial charge in [0.2, 0.25) is 6.04 Å². The van der Waals surface area contributed by atoms with Crippen LogP contribution in [0.25, 0.3) is 0 Å². The summed E-state index contributed by atoms with van der Waals surface area (Å²) in [4.78, 5) is 49.2. The number of hydrogen-bond acceptors (Lipinski definition) is 10. The van der Waals surface area contributed by atoms with Crippen molar-refractivity contribution in [3.05, 3.63) is 45.9 Å². The third-order valence-electron chi connectivity index (χ3n) is 4.36. The van der Waals surface area contributed by atoms with Crippen LogP contribution in [0.1, 0.15) is 19.4 Å². The molecule has 0 bridgehead atoms. The number of rotatable bonds is 9. The van der Waals surface area contributed by atoms with Crippen molar-refractivity contribution in [3.8, 4) is 11.5 Å². The van der Waals surface area contributed by atoms with Crippen molar-refractivity contribution in [2.75, 3.05) is 19.5 Å². The summed E-state index contributed by atoms with van der Waals surface area (Å²) in [6.45, 7) is 4.95. The van der Waals surface area contributed by atoms with Crippen LogP contribution in [-0.2, 0) is 19.1 Å². The lowest BCUT2D eigenvalue weighted by Gasteiger charge is -2.13. The van der Waals surface area contributed by atoms with Crippen molar-refractivity contribution in [3.63, 3.8) is 0 Å². The molecule has 2 aromatic carbocycles. The highest BCUT2D eigenvalue weighted by Crippen LogP contribution is 2.40. The fourth-order valence-electron chi connectivity index (χ4n) is 2.75. The molecule has 11 nitrogen and oxygen atoms in total. The minimum atomic E-state index is -1.94. The lowest BCUT2D eigenvalue weighted by Crippen LogP contribution is -2.48. The first-order valence-electron chi connectivity index (χ1n) is 10.8. The summed E-state index contributed by atoms with van der Waals surface area (Å²) in [7, 11) is 0. The van der Waals surface area contributed by atoms with Gasteiger partial charge in [-0.25, -0.2) is 9.59 Å². The molecular formula is C23H24Cl2N4O7S. The topological polar surface area (TPSA) is 145 Å². The zero-order valence-electron chi connectivity index (χ0n) is 20.3. The van der Waals surface area contributed by atoms with E-state index in [1.165, 1.54) is 26.0 Å². The van der Waals surface area contributed by atoms with E-state index in [1.807, 2.05) is 35.9 Å². The average Bonchev–Trinajstić information content (AvgIpc) is 2.82. The van der Waals surface area contributed by atoms with Crippen LogP contribution < -0.4 is 15.4 Å². The van der Waals surface area contributed by atoms with E-state index in [2.05, 4.69) is 19.7 Å². The first kappa shape index (κ1) is 29.9. The highest BCUT2D eigenvalue weighted by Gasteiger charge is 2.30. The van der Waals surface area contributed by atoms with Crippen molar-refractivity contribution < 1.29 is 33.4 Å². The van der Waals surface area contributed by atoms with Crippen LogP contribution in [-0.4, -0.2) is 49.5 Å². The molecule has 0 aromatic heterocycles. The van der Waals surface area contributed by atoms with Crippen molar-refractivity contribution in [1.82, 2.24) is 10.6 Å². The second kappa shape index (κ2) is 14.4. The third kappa shape index (κ3) is 8.92. The fraction of sp³-hybridized carbons (Fsp3) is 0.304. The number of nitrogens with one attached hydrogen (secondary N) is 2. The molecule has 0 spiro atoms. The number of nitrogens with zero attached hydrogens (tertiary/aromatic N) is 2. The van der Waals surface area contributed by atoms with Crippen molar-refractivity contribution >= 4 is 64.7 Å². The molecule has 0 unspecified atom stereocenters. The van der Waals surface area contributed by atoms with Gasteiger partial charge in [0.1, 0.15) is 5.75 Å². The zero-order valence-corrected chi connectivity index (χ0v) is 22.6. The van der Waals surface area contributed by atoms with E-state index >= 15 is 0 Å². The summed E-state index contributed by atoms with van der Waals surface area (Å²) in [6, 6.07) is 6.26. The van der Waals surface area contributed by atoms with Gasteiger partial charge in [-0.15, -0.1) is 11.8 Å². The molecule has 0 saturated carbocycles.